The zero-order chi connectivity index (χ0) is 13.7. The van der Waals surface area contributed by atoms with Gasteiger partial charge in [-0.2, -0.15) is 0 Å². The SMILES string of the molecule is NCCc1ccc(NC(=O)c2ccc(N)cc2)cc1. The lowest BCUT2D eigenvalue weighted by Gasteiger charge is -2.06. The van der Waals surface area contributed by atoms with Crippen molar-refractivity contribution in [1.82, 2.24) is 0 Å². The number of amides is 1. The zero-order valence-electron chi connectivity index (χ0n) is 10.6. The molecule has 0 radical (unpaired) electrons. The summed E-state index contributed by atoms with van der Waals surface area (Å²) in [6, 6.07) is 14.5. The van der Waals surface area contributed by atoms with Gasteiger partial charge in [0.2, 0.25) is 0 Å². The van der Waals surface area contributed by atoms with E-state index in [1.54, 1.807) is 24.3 Å². The molecule has 0 heterocycles. The summed E-state index contributed by atoms with van der Waals surface area (Å²) < 4.78 is 0. The van der Waals surface area contributed by atoms with Gasteiger partial charge in [-0.1, -0.05) is 12.1 Å². The van der Waals surface area contributed by atoms with Crippen LogP contribution in [-0.4, -0.2) is 12.5 Å². The first-order valence-electron chi connectivity index (χ1n) is 6.15. The van der Waals surface area contributed by atoms with Crippen LogP contribution in [0, 0.1) is 0 Å². The third-order valence-electron chi connectivity index (χ3n) is 2.82. The molecule has 5 N–H and O–H groups in total. The summed E-state index contributed by atoms with van der Waals surface area (Å²) in [4.78, 5) is 12.0. The number of nitrogen functional groups attached to an aromatic ring is 1. The molecule has 0 unspecified atom stereocenters. The number of nitrogens with two attached hydrogens (primary N) is 2. The van der Waals surface area contributed by atoms with Crippen molar-refractivity contribution in [3.05, 3.63) is 59.7 Å². The van der Waals surface area contributed by atoms with Gasteiger partial charge in [-0.15, -0.1) is 0 Å². The molecule has 0 aliphatic heterocycles. The molecule has 0 saturated heterocycles. The highest BCUT2D eigenvalue weighted by Crippen LogP contribution is 2.12. The van der Waals surface area contributed by atoms with Crippen molar-refractivity contribution in [3.63, 3.8) is 0 Å². The molecule has 98 valence electrons. The van der Waals surface area contributed by atoms with E-state index in [2.05, 4.69) is 5.32 Å². The summed E-state index contributed by atoms with van der Waals surface area (Å²) in [6.45, 7) is 0.622. The summed E-state index contributed by atoms with van der Waals surface area (Å²) in [5.41, 5.74) is 14.2. The second kappa shape index (κ2) is 6.02. The van der Waals surface area contributed by atoms with Gasteiger partial charge in [0.15, 0.2) is 0 Å². The van der Waals surface area contributed by atoms with Crippen molar-refractivity contribution < 1.29 is 4.79 Å². The molecule has 1 amide bonds. The van der Waals surface area contributed by atoms with E-state index in [9.17, 15) is 4.79 Å². The summed E-state index contributed by atoms with van der Waals surface area (Å²) in [5, 5.41) is 2.84. The smallest absolute Gasteiger partial charge is 0.255 e. The van der Waals surface area contributed by atoms with Gasteiger partial charge in [0, 0.05) is 16.9 Å². The number of carbonyl (C=O) groups is 1. The van der Waals surface area contributed by atoms with Crippen LogP contribution in [0.25, 0.3) is 0 Å². The number of anilines is 2. The normalized spacial score (nSPS) is 10.2. The van der Waals surface area contributed by atoms with Crippen molar-refractivity contribution >= 4 is 17.3 Å². The number of rotatable bonds is 4. The van der Waals surface area contributed by atoms with Crippen LogP contribution in [-0.2, 0) is 6.42 Å². The number of nitrogens with one attached hydrogen (secondary N) is 1. The molecule has 0 atom stereocenters. The Labute approximate surface area is 112 Å². The highest BCUT2D eigenvalue weighted by Gasteiger charge is 2.05. The minimum absolute atomic E-state index is 0.147. The molecule has 2 aromatic carbocycles. The van der Waals surface area contributed by atoms with Crippen LogP contribution in [0.4, 0.5) is 11.4 Å². The lowest BCUT2D eigenvalue weighted by Crippen LogP contribution is -2.12. The van der Waals surface area contributed by atoms with Crippen molar-refractivity contribution in [2.24, 2.45) is 5.73 Å². The predicted octanol–water partition coefficient (Wildman–Crippen LogP) is 2.02. The van der Waals surface area contributed by atoms with Gasteiger partial charge in [0.1, 0.15) is 0 Å². The van der Waals surface area contributed by atoms with Gasteiger partial charge in [-0.3, -0.25) is 4.79 Å². The van der Waals surface area contributed by atoms with Crippen LogP contribution in [0.5, 0.6) is 0 Å². The minimum atomic E-state index is -0.147. The van der Waals surface area contributed by atoms with Crippen LogP contribution in [0.3, 0.4) is 0 Å². The topological polar surface area (TPSA) is 81.1 Å². The molecule has 0 bridgehead atoms. The van der Waals surface area contributed by atoms with Crippen LogP contribution >= 0.6 is 0 Å². The Morgan fingerprint density at radius 2 is 1.63 bits per heavy atom. The van der Waals surface area contributed by atoms with E-state index in [-0.39, 0.29) is 5.91 Å². The highest BCUT2D eigenvalue weighted by molar-refractivity contribution is 6.04. The van der Waals surface area contributed by atoms with Crippen LogP contribution in [0.2, 0.25) is 0 Å². The monoisotopic (exact) mass is 255 g/mol. The first-order valence-corrected chi connectivity index (χ1v) is 6.15. The van der Waals surface area contributed by atoms with Crippen LogP contribution < -0.4 is 16.8 Å². The third kappa shape index (κ3) is 3.56. The molecule has 0 saturated carbocycles. The van der Waals surface area contributed by atoms with Gasteiger partial charge < -0.3 is 16.8 Å². The average Bonchev–Trinajstić information content (AvgIpc) is 2.42. The van der Waals surface area contributed by atoms with Crippen molar-refractivity contribution in [2.75, 3.05) is 17.6 Å². The molecule has 0 spiro atoms. The number of hydrogen-bond acceptors (Lipinski definition) is 3. The lowest BCUT2D eigenvalue weighted by molar-refractivity contribution is 0.102. The second-order valence-corrected chi connectivity index (χ2v) is 4.31. The van der Waals surface area contributed by atoms with E-state index in [1.807, 2.05) is 24.3 Å². The summed E-state index contributed by atoms with van der Waals surface area (Å²) in [5.74, 6) is -0.147. The fourth-order valence-electron chi connectivity index (χ4n) is 1.76. The molecule has 0 aromatic heterocycles. The number of benzene rings is 2. The van der Waals surface area contributed by atoms with E-state index in [0.29, 0.717) is 17.8 Å². The largest absolute Gasteiger partial charge is 0.399 e. The fraction of sp³-hybridized carbons (Fsp3) is 0.133. The summed E-state index contributed by atoms with van der Waals surface area (Å²) >= 11 is 0. The lowest BCUT2D eigenvalue weighted by atomic mass is 10.1. The molecule has 0 aliphatic carbocycles. The van der Waals surface area contributed by atoms with E-state index in [1.165, 1.54) is 0 Å². The Bertz CT molecular complexity index is 547. The molecular formula is C15H17N3O. The maximum atomic E-state index is 12.0. The first-order chi connectivity index (χ1) is 9.19. The first kappa shape index (κ1) is 13.1. The number of hydrogen-bond donors (Lipinski definition) is 3. The quantitative estimate of drug-likeness (QED) is 0.731. The minimum Gasteiger partial charge on any atom is -0.399 e. The molecule has 0 aliphatic rings. The van der Waals surface area contributed by atoms with E-state index in [4.69, 9.17) is 11.5 Å². The van der Waals surface area contributed by atoms with Crippen molar-refractivity contribution in [3.8, 4) is 0 Å². The second-order valence-electron chi connectivity index (χ2n) is 4.31. The molecule has 0 fully saturated rings. The summed E-state index contributed by atoms with van der Waals surface area (Å²) in [7, 11) is 0. The van der Waals surface area contributed by atoms with Crippen LogP contribution in [0.15, 0.2) is 48.5 Å². The fourth-order valence-corrected chi connectivity index (χ4v) is 1.76. The Morgan fingerprint density at radius 3 is 2.21 bits per heavy atom. The van der Waals surface area contributed by atoms with Gasteiger partial charge in [-0.05, 0) is 54.9 Å². The Hall–Kier alpha value is -2.33. The molecule has 2 rings (SSSR count). The maximum absolute atomic E-state index is 12.0. The zero-order valence-corrected chi connectivity index (χ0v) is 10.6. The van der Waals surface area contributed by atoms with Gasteiger partial charge >= 0.3 is 0 Å². The van der Waals surface area contributed by atoms with Crippen molar-refractivity contribution in [2.45, 2.75) is 6.42 Å². The predicted molar refractivity (Wildman–Crippen MR) is 78.0 cm³/mol. The molecular weight excluding hydrogens is 238 g/mol. The van der Waals surface area contributed by atoms with Gasteiger partial charge in [0.05, 0.1) is 0 Å². The van der Waals surface area contributed by atoms with Gasteiger partial charge in [-0.25, -0.2) is 0 Å². The molecule has 4 nitrogen and oxygen atoms in total. The van der Waals surface area contributed by atoms with E-state index >= 15 is 0 Å². The third-order valence-corrected chi connectivity index (χ3v) is 2.82. The standard InChI is InChI=1S/C15H17N3O/c16-10-9-11-1-7-14(8-2-11)18-15(19)12-3-5-13(17)6-4-12/h1-8H,9-10,16-17H2,(H,18,19). The van der Waals surface area contributed by atoms with E-state index in [0.717, 1.165) is 17.7 Å². The maximum Gasteiger partial charge on any atom is 0.255 e. The van der Waals surface area contributed by atoms with E-state index < -0.39 is 0 Å². The number of carbonyl (C=O) groups excluding carboxylic acids is 1. The Kier molecular flexibility index (Phi) is 4.15. The Balaban J connectivity index is 2.04. The summed E-state index contributed by atoms with van der Waals surface area (Å²) in [6.07, 6.45) is 0.839. The van der Waals surface area contributed by atoms with Crippen molar-refractivity contribution in [1.29, 1.82) is 0 Å². The van der Waals surface area contributed by atoms with Gasteiger partial charge in [0.25, 0.3) is 5.91 Å². The highest BCUT2D eigenvalue weighted by atomic mass is 16.1. The average molecular weight is 255 g/mol. The molecule has 4 heteroatoms. The van der Waals surface area contributed by atoms with Crippen LogP contribution in [0.1, 0.15) is 15.9 Å². The molecule has 2 aromatic rings. The molecule has 19 heavy (non-hydrogen) atoms. The Morgan fingerprint density at radius 1 is 1.00 bits per heavy atom.